The molecule has 1 aliphatic heterocycles. The Labute approximate surface area is 152 Å². The average Bonchev–Trinajstić information content (AvgIpc) is 3.21. The van der Waals surface area contributed by atoms with Gasteiger partial charge in [-0.15, -0.1) is 0 Å². The van der Waals surface area contributed by atoms with Crippen LogP contribution in [0.15, 0.2) is 25.0 Å². The SMILES string of the molecule is Cn1cncc1[C@H]1C[C@@H](Nc2ncnc3c2cnn3C(C)(C)C)CCO1. The van der Waals surface area contributed by atoms with Crippen molar-refractivity contribution in [3.8, 4) is 0 Å². The van der Waals surface area contributed by atoms with E-state index in [4.69, 9.17) is 4.74 Å². The van der Waals surface area contributed by atoms with Crippen LogP contribution in [0.25, 0.3) is 11.0 Å². The van der Waals surface area contributed by atoms with Crippen LogP contribution in [0.5, 0.6) is 0 Å². The van der Waals surface area contributed by atoms with E-state index in [9.17, 15) is 0 Å². The number of nitrogens with one attached hydrogen (secondary N) is 1. The van der Waals surface area contributed by atoms with E-state index >= 15 is 0 Å². The second-order valence-electron chi connectivity index (χ2n) is 7.84. The minimum Gasteiger partial charge on any atom is -0.372 e. The molecule has 2 atom stereocenters. The molecule has 0 spiro atoms. The third kappa shape index (κ3) is 3.05. The van der Waals surface area contributed by atoms with E-state index < -0.39 is 0 Å². The molecule has 0 amide bonds. The number of hydrogen-bond acceptors (Lipinski definition) is 6. The third-order valence-corrected chi connectivity index (χ3v) is 4.81. The molecule has 0 aliphatic carbocycles. The molecule has 4 rings (SSSR count). The van der Waals surface area contributed by atoms with Crippen LogP contribution in [0.3, 0.4) is 0 Å². The summed E-state index contributed by atoms with van der Waals surface area (Å²) in [5, 5.41) is 9.06. The van der Waals surface area contributed by atoms with E-state index in [1.165, 1.54) is 0 Å². The molecule has 3 aromatic rings. The maximum absolute atomic E-state index is 5.96. The fourth-order valence-electron chi connectivity index (χ4n) is 3.46. The fraction of sp³-hybridized carbons (Fsp3) is 0.556. The number of nitrogens with zero attached hydrogens (tertiary/aromatic N) is 6. The Hall–Kier alpha value is -2.48. The largest absolute Gasteiger partial charge is 0.372 e. The summed E-state index contributed by atoms with van der Waals surface area (Å²) in [7, 11) is 2.00. The molecule has 1 saturated heterocycles. The Kier molecular flexibility index (Phi) is 4.14. The smallest absolute Gasteiger partial charge is 0.163 e. The van der Waals surface area contributed by atoms with E-state index in [0.717, 1.165) is 35.4 Å². The Bertz CT molecular complexity index is 908. The zero-order chi connectivity index (χ0) is 18.3. The van der Waals surface area contributed by atoms with Crippen LogP contribution < -0.4 is 5.32 Å². The van der Waals surface area contributed by atoms with Crippen LogP contribution in [0.4, 0.5) is 5.82 Å². The van der Waals surface area contributed by atoms with E-state index in [2.05, 4.69) is 46.1 Å². The summed E-state index contributed by atoms with van der Waals surface area (Å²) in [5.41, 5.74) is 1.83. The van der Waals surface area contributed by atoms with Gasteiger partial charge in [-0.3, -0.25) is 0 Å². The predicted molar refractivity (Wildman–Crippen MR) is 98.9 cm³/mol. The minimum atomic E-state index is -0.128. The Balaban J connectivity index is 1.57. The second-order valence-corrected chi connectivity index (χ2v) is 7.84. The maximum atomic E-state index is 5.96. The van der Waals surface area contributed by atoms with Crippen molar-refractivity contribution < 1.29 is 4.74 Å². The zero-order valence-electron chi connectivity index (χ0n) is 15.7. The van der Waals surface area contributed by atoms with Gasteiger partial charge in [-0.2, -0.15) is 5.10 Å². The van der Waals surface area contributed by atoms with Crippen molar-refractivity contribution in [2.24, 2.45) is 7.05 Å². The van der Waals surface area contributed by atoms with Gasteiger partial charge in [0.2, 0.25) is 0 Å². The monoisotopic (exact) mass is 355 g/mol. The highest BCUT2D eigenvalue weighted by Gasteiger charge is 2.27. The van der Waals surface area contributed by atoms with Crippen LogP contribution in [-0.4, -0.2) is 41.9 Å². The maximum Gasteiger partial charge on any atom is 0.163 e. The van der Waals surface area contributed by atoms with Crippen molar-refractivity contribution in [1.29, 1.82) is 0 Å². The number of aryl methyl sites for hydroxylation is 1. The molecule has 8 nitrogen and oxygen atoms in total. The van der Waals surface area contributed by atoms with Crippen molar-refractivity contribution >= 4 is 16.9 Å². The number of ether oxygens (including phenoxy) is 1. The van der Waals surface area contributed by atoms with Crippen LogP contribution in [0.1, 0.15) is 45.4 Å². The van der Waals surface area contributed by atoms with Crippen molar-refractivity contribution in [3.63, 3.8) is 0 Å². The molecule has 0 aromatic carbocycles. The topological polar surface area (TPSA) is 82.7 Å². The molecule has 1 fully saturated rings. The first kappa shape index (κ1) is 17.0. The summed E-state index contributed by atoms with van der Waals surface area (Å²) in [4.78, 5) is 13.1. The van der Waals surface area contributed by atoms with Gasteiger partial charge in [0.15, 0.2) is 5.65 Å². The molecule has 26 heavy (non-hydrogen) atoms. The summed E-state index contributed by atoms with van der Waals surface area (Å²) in [6, 6.07) is 0.278. The highest BCUT2D eigenvalue weighted by atomic mass is 16.5. The number of anilines is 1. The van der Waals surface area contributed by atoms with Crippen LogP contribution in [0, 0.1) is 0 Å². The lowest BCUT2D eigenvalue weighted by atomic mass is 10.0. The van der Waals surface area contributed by atoms with Crippen LogP contribution in [0.2, 0.25) is 0 Å². The van der Waals surface area contributed by atoms with Gasteiger partial charge >= 0.3 is 0 Å². The lowest BCUT2D eigenvalue weighted by Crippen LogP contribution is -2.31. The van der Waals surface area contributed by atoms with Gasteiger partial charge in [0.05, 0.1) is 35.3 Å². The highest BCUT2D eigenvalue weighted by Crippen LogP contribution is 2.31. The van der Waals surface area contributed by atoms with E-state index in [1.54, 1.807) is 6.33 Å². The van der Waals surface area contributed by atoms with Crippen molar-refractivity contribution in [1.82, 2.24) is 29.3 Å². The molecule has 0 bridgehead atoms. The van der Waals surface area contributed by atoms with E-state index in [0.29, 0.717) is 6.61 Å². The van der Waals surface area contributed by atoms with Crippen LogP contribution in [-0.2, 0) is 17.3 Å². The third-order valence-electron chi connectivity index (χ3n) is 4.81. The molecule has 4 heterocycles. The van der Waals surface area contributed by atoms with Gasteiger partial charge in [-0.25, -0.2) is 19.6 Å². The molecule has 138 valence electrons. The quantitative estimate of drug-likeness (QED) is 0.778. The van der Waals surface area contributed by atoms with Gasteiger partial charge in [-0.05, 0) is 33.6 Å². The molecule has 0 saturated carbocycles. The van der Waals surface area contributed by atoms with Gasteiger partial charge < -0.3 is 14.6 Å². The molecule has 0 radical (unpaired) electrons. The van der Waals surface area contributed by atoms with Crippen molar-refractivity contribution in [2.75, 3.05) is 11.9 Å². The highest BCUT2D eigenvalue weighted by molar-refractivity contribution is 5.86. The van der Waals surface area contributed by atoms with Crippen molar-refractivity contribution in [2.45, 2.75) is 51.3 Å². The first-order chi connectivity index (χ1) is 12.4. The second kappa shape index (κ2) is 6.35. The molecule has 0 unspecified atom stereocenters. The van der Waals surface area contributed by atoms with Gasteiger partial charge in [0.25, 0.3) is 0 Å². The summed E-state index contributed by atoms with van der Waals surface area (Å²) in [5.74, 6) is 0.834. The Morgan fingerprint density at radius 2 is 2.08 bits per heavy atom. The number of hydrogen-bond donors (Lipinski definition) is 1. The van der Waals surface area contributed by atoms with Gasteiger partial charge in [0, 0.05) is 19.7 Å². The fourth-order valence-corrected chi connectivity index (χ4v) is 3.46. The lowest BCUT2D eigenvalue weighted by Gasteiger charge is -2.30. The van der Waals surface area contributed by atoms with E-state index in [-0.39, 0.29) is 17.7 Å². The first-order valence-corrected chi connectivity index (χ1v) is 8.97. The standard InChI is InChI=1S/C18H25N7O/c1-18(2,3)25-17-13(8-22-25)16(20-10-21-17)23-12-5-6-26-15(7-12)14-9-19-11-24(14)4/h8-12,15H,5-7H2,1-4H3,(H,20,21,23)/t12-,15+/m0/s1. The van der Waals surface area contributed by atoms with Crippen LogP contribution >= 0.6 is 0 Å². The summed E-state index contributed by atoms with van der Waals surface area (Å²) < 4.78 is 9.92. The molecular weight excluding hydrogens is 330 g/mol. The summed E-state index contributed by atoms with van der Waals surface area (Å²) in [6.07, 6.45) is 9.00. The molecule has 8 heteroatoms. The summed E-state index contributed by atoms with van der Waals surface area (Å²) in [6.45, 7) is 7.06. The normalized spacial score (nSPS) is 21.2. The summed E-state index contributed by atoms with van der Waals surface area (Å²) >= 11 is 0. The number of aromatic nitrogens is 6. The van der Waals surface area contributed by atoms with Gasteiger partial charge in [0.1, 0.15) is 18.2 Å². The lowest BCUT2D eigenvalue weighted by molar-refractivity contribution is 0.00556. The first-order valence-electron chi connectivity index (χ1n) is 8.97. The molecule has 3 aromatic heterocycles. The molecule has 1 aliphatic rings. The zero-order valence-corrected chi connectivity index (χ0v) is 15.7. The van der Waals surface area contributed by atoms with Crippen molar-refractivity contribution in [3.05, 3.63) is 30.7 Å². The number of fused-ring (bicyclic) bond motifs is 1. The molecular formula is C18H25N7O. The minimum absolute atomic E-state index is 0.0448. The number of rotatable bonds is 3. The van der Waals surface area contributed by atoms with Gasteiger partial charge in [-0.1, -0.05) is 0 Å². The predicted octanol–water partition coefficient (Wildman–Crippen LogP) is 2.65. The number of imidazole rings is 1. The average molecular weight is 355 g/mol. The Morgan fingerprint density at radius 1 is 1.23 bits per heavy atom. The molecule has 1 N–H and O–H groups in total. The Morgan fingerprint density at radius 3 is 2.81 bits per heavy atom. The van der Waals surface area contributed by atoms with E-state index in [1.807, 2.05) is 35.0 Å².